The van der Waals surface area contributed by atoms with Crippen LogP contribution in [0.1, 0.15) is 40.0 Å². The van der Waals surface area contributed by atoms with Gasteiger partial charge in [-0.05, 0) is 44.5 Å². The second-order valence-corrected chi connectivity index (χ2v) is 6.96. The number of benzene rings is 1. The van der Waals surface area contributed by atoms with E-state index in [4.69, 9.17) is 4.74 Å². The molecular weight excluding hydrogens is 316 g/mol. The van der Waals surface area contributed by atoms with Gasteiger partial charge in [-0.2, -0.15) is 4.72 Å². The number of carbonyl (C=O) groups is 1. The van der Waals surface area contributed by atoms with Crippen molar-refractivity contribution < 1.29 is 17.9 Å². The normalized spacial score (nSPS) is 12.7. The van der Waals surface area contributed by atoms with E-state index >= 15 is 0 Å². The van der Waals surface area contributed by atoms with Crippen molar-refractivity contribution in [3.05, 3.63) is 24.3 Å². The van der Waals surface area contributed by atoms with Crippen molar-refractivity contribution in [1.82, 2.24) is 10.0 Å². The minimum absolute atomic E-state index is 0.103. The largest absolute Gasteiger partial charge is 0.494 e. The highest BCUT2D eigenvalue weighted by Gasteiger charge is 2.21. The number of amides is 1. The van der Waals surface area contributed by atoms with Gasteiger partial charge in [-0.25, -0.2) is 8.42 Å². The summed E-state index contributed by atoms with van der Waals surface area (Å²) < 4.78 is 32.2. The van der Waals surface area contributed by atoms with Crippen molar-refractivity contribution in [3.8, 4) is 5.75 Å². The lowest BCUT2D eigenvalue weighted by molar-refractivity contribution is -0.122. The third-order valence-electron chi connectivity index (χ3n) is 3.25. The Kier molecular flexibility index (Phi) is 8.05. The number of carbonyl (C=O) groups excluding carboxylic acids is 1. The van der Waals surface area contributed by atoms with Crippen LogP contribution >= 0.6 is 0 Å². The molecule has 23 heavy (non-hydrogen) atoms. The first-order chi connectivity index (χ1) is 10.9. The summed E-state index contributed by atoms with van der Waals surface area (Å²) in [7, 11) is -3.74. The van der Waals surface area contributed by atoms with Crippen molar-refractivity contribution in [2.24, 2.45) is 0 Å². The predicted octanol–water partition coefficient (Wildman–Crippen LogP) is 2.06. The van der Waals surface area contributed by atoms with E-state index in [-0.39, 0.29) is 10.8 Å². The molecule has 1 atom stereocenters. The summed E-state index contributed by atoms with van der Waals surface area (Å²) in [5.41, 5.74) is 0. The van der Waals surface area contributed by atoms with Crippen LogP contribution in [0.25, 0.3) is 0 Å². The number of hydrogen-bond donors (Lipinski definition) is 2. The van der Waals surface area contributed by atoms with Gasteiger partial charge < -0.3 is 10.1 Å². The van der Waals surface area contributed by atoms with Crippen LogP contribution in [0.5, 0.6) is 5.75 Å². The van der Waals surface area contributed by atoms with Gasteiger partial charge in [0.1, 0.15) is 5.75 Å². The zero-order valence-electron chi connectivity index (χ0n) is 14.0. The minimum atomic E-state index is -3.74. The zero-order chi connectivity index (χ0) is 17.3. The Bertz CT molecular complexity index is 585. The molecule has 6 nitrogen and oxygen atoms in total. The number of ether oxygens (including phenoxy) is 1. The Balaban J connectivity index is 2.60. The lowest BCUT2D eigenvalue weighted by Crippen LogP contribution is -2.44. The van der Waals surface area contributed by atoms with Crippen LogP contribution in [-0.4, -0.2) is 33.5 Å². The minimum Gasteiger partial charge on any atom is -0.494 e. The molecule has 0 aromatic heterocycles. The summed E-state index contributed by atoms with van der Waals surface area (Å²) in [4.78, 5) is 12.0. The second-order valence-electron chi connectivity index (χ2n) is 5.25. The number of nitrogens with one attached hydrogen (secondary N) is 2. The van der Waals surface area contributed by atoms with Crippen LogP contribution in [0.2, 0.25) is 0 Å². The molecular formula is C16H26N2O4S. The molecule has 0 aliphatic heterocycles. The van der Waals surface area contributed by atoms with Gasteiger partial charge in [-0.1, -0.05) is 19.8 Å². The quantitative estimate of drug-likeness (QED) is 0.638. The highest BCUT2D eigenvalue weighted by atomic mass is 32.2. The molecule has 1 rings (SSSR count). The highest BCUT2D eigenvalue weighted by Crippen LogP contribution is 2.16. The second kappa shape index (κ2) is 9.52. The van der Waals surface area contributed by atoms with Gasteiger partial charge >= 0.3 is 0 Å². The first kappa shape index (κ1) is 19.4. The Labute approximate surface area is 138 Å². The number of hydrogen-bond acceptors (Lipinski definition) is 4. The van der Waals surface area contributed by atoms with Gasteiger partial charge in [0.05, 0.1) is 17.5 Å². The average molecular weight is 342 g/mol. The fourth-order valence-corrected chi connectivity index (χ4v) is 3.18. The molecule has 0 heterocycles. The maximum Gasteiger partial charge on any atom is 0.241 e. The smallest absolute Gasteiger partial charge is 0.241 e. The Morgan fingerprint density at radius 3 is 2.39 bits per heavy atom. The molecule has 0 radical (unpaired) electrons. The maximum absolute atomic E-state index is 12.3. The number of rotatable bonds is 10. The van der Waals surface area contributed by atoms with E-state index in [2.05, 4.69) is 17.0 Å². The summed E-state index contributed by atoms with van der Waals surface area (Å²) in [6.07, 6.45) is 2.99. The molecule has 0 unspecified atom stereocenters. The standard InChI is InChI=1S/C16H26N2O4S/c1-4-6-7-12-17-16(19)13(3)18-23(20,21)15-10-8-14(9-11-15)22-5-2/h8-11,13,18H,4-7,12H2,1-3H3,(H,17,19)/t13-/m1/s1. The van der Waals surface area contributed by atoms with Gasteiger partial charge in [0, 0.05) is 6.54 Å². The van der Waals surface area contributed by atoms with Gasteiger partial charge in [-0.3, -0.25) is 4.79 Å². The molecule has 0 aliphatic carbocycles. The van der Waals surface area contributed by atoms with E-state index in [9.17, 15) is 13.2 Å². The van der Waals surface area contributed by atoms with E-state index in [1.807, 2.05) is 6.92 Å². The van der Waals surface area contributed by atoms with Crippen molar-refractivity contribution in [2.45, 2.75) is 51.0 Å². The topological polar surface area (TPSA) is 84.5 Å². The molecule has 7 heteroatoms. The molecule has 0 spiro atoms. The third-order valence-corrected chi connectivity index (χ3v) is 4.81. The van der Waals surface area contributed by atoms with E-state index in [0.29, 0.717) is 18.9 Å². The van der Waals surface area contributed by atoms with E-state index in [1.54, 1.807) is 12.1 Å². The maximum atomic E-state index is 12.3. The van der Waals surface area contributed by atoms with E-state index < -0.39 is 16.1 Å². The number of unbranched alkanes of at least 4 members (excludes halogenated alkanes) is 2. The van der Waals surface area contributed by atoms with E-state index in [1.165, 1.54) is 19.1 Å². The zero-order valence-corrected chi connectivity index (χ0v) is 14.8. The van der Waals surface area contributed by atoms with Gasteiger partial charge in [0.2, 0.25) is 15.9 Å². The molecule has 2 N–H and O–H groups in total. The van der Waals surface area contributed by atoms with Crippen molar-refractivity contribution in [3.63, 3.8) is 0 Å². The predicted molar refractivity (Wildman–Crippen MR) is 89.9 cm³/mol. The SMILES string of the molecule is CCCCCNC(=O)[C@@H](C)NS(=O)(=O)c1ccc(OCC)cc1. The van der Waals surface area contributed by atoms with Crippen LogP contribution in [0.4, 0.5) is 0 Å². The Morgan fingerprint density at radius 2 is 1.83 bits per heavy atom. The fraction of sp³-hybridized carbons (Fsp3) is 0.562. The molecule has 0 fully saturated rings. The molecule has 0 aliphatic rings. The Morgan fingerprint density at radius 1 is 1.17 bits per heavy atom. The molecule has 0 saturated carbocycles. The Hall–Kier alpha value is -1.60. The van der Waals surface area contributed by atoms with E-state index in [0.717, 1.165) is 19.3 Å². The van der Waals surface area contributed by atoms with Gasteiger partial charge in [-0.15, -0.1) is 0 Å². The third kappa shape index (κ3) is 6.58. The molecule has 1 aromatic rings. The van der Waals surface area contributed by atoms with Crippen LogP contribution in [0.15, 0.2) is 29.2 Å². The van der Waals surface area contributed by atoms with Crippen LogP contribution in [0.3, 0.4) is 0 Å². The molecule has 1 aromatic carbocycles. The van der Waals surface area contributed by atoms with Crippen LogP contribution in [0, 0.1) is 0 Å². The summed E-state index contributed by atoms with van der Waals surface area (Å²) in [6, 6.07) is 5.27. The molecule has 1 amide bonds. The summed E-state index contributed by atoms with van der Waals surface area (Å²) in [5.74, 6) is 0.281. The first-order valence-electron chi connectivity index (χ1n) is 7.93. The van der Waals surface area contributed by atoms with Gasteiger partial charge in [0.25, 0.3) is 0 Å². The lowest BCUT2D eigenvalue weighted by atomic mass is 10.2. The lowest BCUT2D eigenvalue weighted by Gasteiger charge is -2.14. The highest BCUT2D eigenvalue weighted by molar-refractivity contribution is 7.89. The first-order valence-corrected chi connectivity index (χ1v) is 9.42. The molecule has 0 saturated heterocycles. The number of sulfonamides is 1. The van der Waals surface area contributed by atoms with Crippen molar-refractivity contribution in [2.75, 3.05) is 13.2 Å². The summed E-state index contributed by atoms with van der Waals surface area (Å²) >= 11 is 0. The average Bonchev–Trinajstić information content (AvgIpc) is 2.52. The summed E-state index contributed by atoms with van der Waals surface area (Å²) in [6.45, 7) is 6.53. The van der Waals surface area contributed by atoms with Crippen molar-refractivity contribution >= 4 is 15.9 Å². The fourth-order valence-electron chi connectivity index (χ4n) is 1.98. The van der Waals surface area contributed by atoms with Crippen LogP contribution in [-0.2, 0) is 14.8 Å². The van der Waals surface area contributed by atoms with Crippen LogP contribution < -0.4 is 14.8 Å². The monoisotopic (exact) mass is 342 g/mol. The van der Waals surface area contributed by atoms with Crippen molar-refractivity contribution in [1.29, 1.82) is 0 Å². The summed E-state index contributed by atoms with van der Waals surface area (Å²) in [5, 5.41) is 2.73. The molecule has 0 bridgehead atoms. The molecule has 130 valence electrons. The van der Waals surface area contributed by atoms with Gasteiger partial charge in [0.15, 0.2) is 0 Å².